The number of amides is 1. The number of benzene rings is 2. The average Bonchev–Trinajstić information content (AvgIpc) is 3.35. The van der Waals surface area contributed by atoms with Crippen molar-refractivity contribution >= 4 is 17.4 Å². The van der Waals surface area contributed by atoms with E-state index in [-0.39, 0.29) is 18.6 Å². The highest BCUT2D eigenvalue weighted by Gasteiger charge is 2.20. The zero-order valence-corrected chi connectivity index (χ0v) is 17.7. The standard InChI is InChI=1S/C26H26N2O4/c29-24(28-26(20-14-15-27-16-20)19-6-2-1-3-7-19)13-12-18-8-4-10-22-21(18)9-5-11-23(22)32-17-25(30)31/h1-3,5-9,11,14-16,26-27H,4,10,12-13,17H2,(H,28,29)(H,30,31). The van der Waals surface area contributed by atoms with E-state index in [1.54, 1.807) is 6.07 Å². The van der Waals surface area contributed by atoms with Crippen molar-refractivity contribution in [2.75, 3.05) is 6.61 Å². The van der Waals surface area contributed by atoms with E-state index in [1.165, 1.54) is 0 Å². The molecule has 4 rings (SSSR count). The summed E-state index contributed by atoms with van der Waals surface area (Å²) in [4.78, 5) is 26.8. The molecule has 0 bridgehead atoms. The molecular weight excluding hydrogens is 404 g/mol. The van der Waals surface area contributed by atoms with Crippen molar-refractivity contribution in [3.8, 4) is 5.75 Å². The molecule has 32 heavy (non-hydrogen) atoms. The van der Waals surface area contributed by atoms with Crippen molar-refractivity contribution in [3.63, 3.8) is 0 Å². The first-order valence-corrected chi connectivity index (χ1v) is 10.7. The number of nitrogens with one attached hydrogen (secondary N) is 2. The van der Waals surface area contributed by atoms with Crippen molar-refractivity contribution in [2.24, 2.45) is 0 Å². The molecule has 164 valence electrons. The van der Waals surface area contributed by atoms with E-state index >= 15 is 0 Å². The number of hydrogen-bond donors (Lipinski definition) is 3. The maximum absolute atomic E-state index is 12.9. The first-order valence-electron chi connectivity index (χ1n) is 10.7. The van der Waals surface area contributed by atoms with Crippen LogP contribution in [-0.2, 0) is 16.0 Å². The van der Waals surface area contributed by atoms with E-state index < -0.39 is 5.97 Å². The molecule has 1 amide bonds. The van der Waals surface area contributed by atoms with Gasteiger partial charge in [0.1, 0.15) is 5.75 Å². The highest BCUT2D eigenvalue weighted by Crippen LogP contribution is 2.35. The van der Waals surface area contributed by atoms with Gasteiger partial charge in [-0.1, -0.05) is 48.5 Å². The van der Waals surface area contributed by atoms with Gasteiger partial charge in [0.05, 0.1) is 6.04 Å². The van der Waals surface area contributed by atoms with E-state index in [4.69, 9.17) is 9.84 Å². The summed E-state index contributed by atoms with van der Waals surface area (Å²) in [5.74, 6) is -0.413. The Morgan fingerprint density at radius 3 is 2.66 bits per heavy atom. The molecule has 0 spiro atoms. The van der Waals surface area contributed by atoms with Gasteiger partial charge in [0.2, 0.25) is 5.91 Å². The normalized spacial score (nSPS) is 13.6. The van der Waals surface area contributed by atoms with Gasteiger partial charge < -0.3 is 20.1 Å². The van der Waals surface area contributed by atoms with Crippen LogP contribution < -0.4 is 10.1 Å². The number of aliphatic carboxylic acids is 1. The summed E-state index contributed by atoms with van der Waals surface area (Å²) in [6.45, 7) is -0.363. The number of rotatable bonds is 9. The minimum atomic E-state index is -0.999. The Kier molecular flexibility index (Phi) is 6.70. The second-order valence-electron chi connectivity index (χ2n) is 7.79. The Morgan fingerprint density at radius 1 is 1.06 bits per heavy atom. The van der Waals surface area contributed by atoms with Crippen LogP contribution in [0.25, 0.3) is 5.57 Å². The van der Waals surface area contributed by atoms with E-state index in [1.807, 2.05) is 60.9 Å². The molecule has 3 aromatic rings. The summed E-state index contributed by atoms with van der Waals surface area (Å²) in [5.41, 5.74) is 5.19. The first-order chi connectivity index (χ1) is 15.6. The van der Waals surface area contributed by atoms with Crippen LogP contribution in [-0.4, -0.2) is 28.6 Å². The van der Waals surface area contributed by atoms with Crippen LogP contribution in [0.4, 0.5) is 0 Å². The lowest BCUT2D eigenvalue weighted by atomic mass is 9.88. The van der Waals surface area contributed by atoms with Gasteiger partial charge in [0.15, 0.2) is 6.61 Å². The fourth-order valence-corrected chi connectivity index (χ4v) is 4.14. The lowest BCUT2D eigenvalue weighted by molar-refractivity contribution is -0.139. The predicted molar refractivity (Wildman–Crippen MR) is 122 cm³/mol. The number of ether oxygens (including phenoxy) is 1. The number of carboxylic acids is 1. The molecular formula is C26H26N2O4. The van der Waals surface area contributed by atoms with Crippen LogP contribution in [0.15, 0.2) is 73.1 Å². The van der Waals surface area contributed by atoms with Crippen LogP contribution in [0.5, 0.6) is 5.75 Å². The molecule has 6 heteroatoms. The van der Waals surface area contributed by atoms with E-state index in [0.717, 1.165) is 40.7 Å². The molecule has 0 radical (unpaired) electrons. The van der Waals surface area contributed by atoms with Crippen molar-refractivity contribution in [3.05, 3.63) is 95.3 Å². The molecule has 2 aromatic carbocycles. The Bertz CT molecular complexity index is 1100. The van der Waals surface area contributed by atoms with Crippen molar-refractivity contribution in [2.45, 2.75) is 31.7 Å². The number of H-pyrrole nitrogens is 1. The fraction of sp³-hybridized carbons (Fsp3) is 0.231. The van der Waals surface area contributed by atoms with Gasteiger partial charge in [0.25, 0.3) is 0 Å². The summed E-state index contributed by atoms with van der Waals surface area (Å²) in [5, 5.41) is 12.1. The number of aromatic amines is 1. The summed E-state index contributed by atoms with van der Waals surface area (Å²) in [6.07, 6.45) is 8.52. The lowest BCUT2D eigenvalue weighted by Gasteiger charge is -2.22. The summed E-state index contributed by atoms with van der Waals surface area (Å²) >= 11 is 0. The number of hydrogen-bond acceptors (Lipinski definition) is 3. The molecule has 1 aromatic heterocycles. The van der Waals surface area contributed by atoms with E-state index in [0.29, 0.717) is 18.6 Å². The average molecular weight is 431 g/mol. The number of carboxylic acid groups (broad SMARTS) is 1. The van der Waals surface area contributed by atoms with Gasteiger partial charge in [-0.25, -0.2) is 4.79 Å². The molecule has 6 nitrogen and oxygen atoms in total. The molecule has 0 fully saturated rings. The zero-order chi connectivity index (χ0) is 22.3. The number of fused-ring (bicyclic) bond motifs is 1. The Hall–Kier alpha value is -3.80. The van der Waals surface area contributed by atoms with Crippen LogP contribution >= 0.6 is 0 Å². The molecule has 0 saturated carbocycles. The quantitative estimate of drug-likeness (QED) is 0.466. The molecule has 1 atom stereocenters. The zero-order valence-electron chi connectivity index (χ0n) is 17.7. The monoisotopic (exact) mass is 430 g/mol. The largest absolute Gasteiger partial charge is 0.482 e. The van der Waals surface area contributed by atoms with E-state index in [2.05, 4.69) is 16.4 Å². The maximum Gasteiger partial charge on any atom is 0.341 e. The number of carbonyl (C=O) groups excluding carboxylic acids is 1. The summed E-state index contributed by atoms with van der Waals surface area (Å²) in [7, 11) is 0. The topological polar surface area (TPSA) is 91.4 Å². The van der Waals surface area contributed by atoms with Crippen LogP contribution in [0.2, 0.25) is 0 Å². The third-order valence-electron chi connectivity index (χ3n) is 5.63. The van der Waals surface area contributed by atoms with Gasteiger partial charge in [-0.05, 0) is 53.7 Å². The summed E-state index contributed by atoms with van der Waals surface area (Å²) in [6, 6.07) is 17.4. The van der Waals surface area contributed by atoms with Gasteiger partial charge in [-0.15, -0.1) is 0 Å². The van der Waals surface area contributed by atoms with Crippen molar-refractivity contribution in [1.82, 2.24) is 10.3 Å². The Balaban J connectivity index is 1.44. The molecule has 1 unspecified atom stereocenters. The molecule has 0 saturated heterocycles. The number of allylic oxidation sites excluding steroid dienone is 2. The smallest absolute Gasteiger partial charge is 0.341 e. The third kappa shape index (κ3) is 5.09. The lowest BCUT2D eigenvalue weighted by Crippen LogP contribution is -2.29. The fourth-order valence-electron chi connectivity index (χ4n) is 4.14. The highest BCUT2D eigenvalue weighted by atomic mass is 16.5. The van der Waals surface area contributed by atoms with Crippen LogP contribution in [0.1, 0.15) is 47.6 Å². The van der Waals surface area contributed by atoms with Crippen molar-refractivity contribution in [1.29, 1.82) is 0 Å². The predicted octanol–water partition coefficient (Wildman–Crippen LogP) is 4.49. The first kappa shape index (κ1) is 21.4. The minimum absolute atomic E-state index is 0.0219. The molecule has 3 N–H and O–H groups in total. The van der Waals surface area contributed by atoms with Crippen LogP contribution in [0, 0.1) is 0 Å². The summed E-state index contributed by atoms with van der Waals surface area (Å²) < 4.78 is 5.47. The Labute approximate surface area is 186 Å². The SMILES string of the molecule is O=C(O)COc1cccc2c1CCC=C2CCC(=O)NC(c1ccccc1)c1cc[nH]c1. The van der Waals surface area contributed by atoms with Gasteiger partial charge in [0, 0.05) is 24.4 Å². The van der Waals surface area contributed by atoms with Gasteiger partial charge in [-0.3, -0.25) is 4.79 Å². The number of aromatic nitrogens is 1. The molecule has 1 heterocycles. The molecule has 1 aliphatic carbocycles. The van der Waals surface area contributed by atoms with Crippen LogP contribution in [0.3, 0.4) is 0 Å². The van der Waals surface area contributed by atoms with E-state index in [9.17, 15) is 9.59 Å². The van der Waals surface area contributed by atoms with Gasteiger partial charge >= 0.3 is 5.97 Å². The third-order valence-corrected chi connectivity index (χ3v) is 5.63. The Morgan fingerprint density at radius 2 is 1.91 bits per heavy atom. The molecule has 0 aliphatic heterocycles. The second-order valence-corrected chi connectivity index (χ2v) is 7.79. The maximum atomic E-state index is 12.9. The number of carbonyl (C=O) groups is 2. The minimum Gasteiger partial charge on any atom is -0.482 e. The highest BCUT2D eigenvalue weighted by molar-refractivity contribution is 5.81. The molecule has 1 aliphatic rings. The second kappa shape index (κ2) is 10.0. The van der Waals surface area contributed by atoms with Crippen molar-refractivity contribution < 1.29 is 19.4 Å². The van der Waals surface area contributed by atoms with Gasteiger partial charge in [-0.2, -0.15) is 0 Å².